The van der Waals surface area contributed by atoms with Crippen LogP contribution in [0.15, 0.2) is 0 Å². The molecule has 0 atom stereocenters. The van der Waals surface area contributed by atoms with Crippen molar-refractivity contribution in [3.8, 4) is 0 Å². The Morgan fingerprint density at radius 3 is 2.35 bits per heavy atom. The largest absolute Gasteiger partial charge is 0.303 e. The third-order valence-corrected chi connectivity index (χ3v) is 4.80. The van der Waals surface area contributed by atoms with E-state index in [2.05, 4.69) is 11.8 Å². The fourth-order valence-corrected chi connectivity index (χ4v) is 3.63. The Kier molecular flexibility index (Phi) is 3.92. The molecule has 1 saturated heterocycles. The molecule has 2 fully saturated rings. The highest BCUT2D eigenvalue weighted by Gasteiger charge is 2.43. The number of hydrogen-bond donors (Lipinski definition) is 0. The van der Waals surface area contributed by atoms with Crippen LogP contribution in [-0.2, 0) is 4.79 Å². The lowest BCUT2D eigenvalue weighted by atomic mass is 9.58. The van der Waals surface area contributed by atoms with Gasteiger partial charge in [0.15, 0.2) is 0 Å². The van der Waals surface area contributed by atoms with Crippen LogP contribution in [0, 0.1) is 17.3 Å². The second-order valence-corrected chi connectivity index (χ2v) is 6.73. The predicted octanol–water partition coefficient (Wildman–Crippen LogP) is 3.11. The van der Waals surface area contributed by atoms with E-state index in [1.165, 1.54) is 38.8 Å². The maximum Gasteiger partial charge on any atom is 0.136 e. The van der Waals surface area contributed by atoms with Gasteiger partial charge in [0, 0.05) is 18.9 Å². The first-order valence-electron chi connectivity index (χ1n) is 7.26. The van der Waals surface area contributed by atoms with Crippen molar-refractivity contribution in [3.05, 3.63) is 0 Å². The number of likely N-dealkylation sites (tertiary alicyclic amines) is 1. The summed E-state index contributed by atoms with van der Waals surface area (Å²) in [5, 5.41) is 0. The summed E-state index contributed by atoms with van der Waals surface area (Å²) in [5.41, 5.74) is 0.706. The highest BCUT2D eigenvalue weighted by molar-refractivity contribution is 5.80. The number of piperidine rings is 1. The average molecular weight is 237 g/mol. The minimum Gasteiger partial charge on any atom is -0.303 e. The zero-order valence-electron chi connectivity index (χ0n) is 11.7. The van der Waals surface area contributed by atoms with Crippen molar-refractivity contribution in [1.82, 2.24) is 4.90 Å². The molecule has 1 heterocycles. The van der Waals surface area contributed by atoms with E-state index in [1.807, 2.05) is 13.8 Å². The van der Waals surface area contributed by atoms with Gasteiger partial charge in [0.1, 0.15) is 5.78 Å². The van der Waals surface area contributed by atoms with E-state index in [4.69, 9.17) is 0 Å². The van der Waals surface area contributed by atoms with Gasteiger partial charge in [-0.2, -0.15) is 0 Å². The quantitative estimate of drug-likeness (QED) is 0.749. The molecule has 2 aliphatic rings. The third kappa shape index (κ3) is 3.09. The Labute approximate surface area is 106 Å². The molecule has 2 rings (SSSR count). The highest BCUT2D eigenvalue weighted by atomic mass is 16.1. The van der Waals surface area contributed by atoms with Crippen LogP contribution in [0.4, 0.5) is 0 Å². The zero-order chi connectivity index (χ0) is 12.5. The van der Waals surface area contributed by atoms with Crippen LogP contribution >= 0.6 is 0 Å². The molecule has 0 aromatic heterocycles. The van der Waals surface area contributed by atoms with Crippen molar-refractivity contribution in [2.45, 2.75) is 52.9 Å². The smallest absolute Gasteiger partial charge is 0.136 e. The molecule has 0 bridgehead atoms. The summed E-state index contributed by atoms with van der Waals surface area (Å²) in [7, 11) is 0. The van der Waals surface area contributed by atoms with Crippen LogP contribution in [0.3, 0.4) is 0 Å². The molecule has 17 heavy (non-hydrogen) atoms. The SMILES string of the molecule is CC1CC2(CCN(CCC(=O)C(C)C)CC2)C1. The molecule has 1 spiro atoms. The van der Waals surface area contributed by atoms with E-state index in [0.29, 0.717) is 11.2 Å². The van der Waals surface area contributed by atoms with Gasteiger partial charge in [-0.05, 0) is 50.1 Å². The van der Waals surface area contributed by atoms with Crippen LogP contribution in [0.2, 0.25) is 0 Å². The van der Waals surface area contributed by atoms with Crippen LogP contribution in [0.1, 0.15) is 52.9 Å². The lowest BCUT2D eigenvalue weighted by Crippen LogP contribution is -2.46. The summed E-state index contributed by atoms with van der Waals surface area (Å²) in [6.45, 7) is 9.81. The Morgan fingerprint density at radius 1 is 1.29 bits per heavy atom. The number of carbonyl (C=O) groups is 1. The minimum atomic E-state index is 0.207. The van der Waals surface area contributed by atoms with Crippen molar-refractivity contribution < 1.29 is 4.79 Å². The summed E-state index contributed by atoms with van der Waals surface area (Å²) >= 11 is 0. The molecule has 1 aliphatic carbocycles. The maximum atomic E-state index is 11.6. The van der Waals surface area contributed by atoms with Gasteiger partial charge in [-0.1, -0.05) is 20.8 Å². The summed E-state index contributed by atoms with van der Waals surface area (Å²) < 4.78 is 0. The fraction of sp³-hybridized carbons (Fsp3) is 0.933. The lowest BCUT2D eigenvalue weighted by molar-refractivity contribution is -0.122. The normalized spacial score (nSPS) is 25.2. The van der Waals surface area contributed by atoms with Crippen LogP contribution in [0.5, 0.6) is 0 Å². The van der Waals surface area contributed by atoms with Crippen LogP contribution in [-0.4, -0.2) is 30.3 Å². The van der Waals surface area contributed by atoms with Gasteiger partial charge in [-0.3, -0.25) is 4.79 Å². The molecule has 0 unspecified atom stereocenters. The molecule has 2 heteroatoms. The van der Waals surface area contributed by atoms with Crippen molar-refractivity contribution in [1.29, 1.82) is 0 Å². The first-order chi connectivity index (χ1) is 8.01. The van der Waals surface area contributed by atoms with Crippen molar-refractivity contribution in [2.24, 2.45) is 17.3 Å². The average Bonchev–Trinajstić information content (AvgIpc) is 2.26. The highest BCUT2D eigenvalue weighted by Crippen LogP contribution is 2.52. The number of carbonyl (C=O) groups excluding carboxylic acids is 1. The van der Waals surface area contributed by atoms with Crippen molar-refractivity contribution >= 4 is 5.78 Å². The molecule has 2 nitrogen and oxygen atoms in total. The molecule has 0 N–H and O–H groups in total. The number of hydrogen-bond acceptors (Lipinski definition) is 2. The Bertz CT molecular complexity index is 269. The van der Waals surface area contributed by atoms with Gasteiger partial charge < -0.3 is 4.90 Å². The van der Waals surface area contributed by atoms with Gasteiger partial charge in [-0.25, -0.2) is 0 Å². The molecule has 1 aliphatic heterocycles. The van der Waals surface area contributed by atoms with Gasteiger partial charge in [0.25, 0.3) is 0 Å². The summed E-state index contributed by atoms with van der Waals surface area (Å²) in [4.78, 5) is 14.1. The second kappa shape index (κ2) is 5.09. The van der Waals surface area contributed by atoms with E-state index in [0.717, 1.165) is 18.9 Å². The topological polar surface area (TPSA) is 20.3 Å². The van der Waals surface area contributed by atoms with Gasteiger partial charge in [0.05, 0.1) is 0 Å². The van der Waals surface area contributed by atoms with E-state index < -0.39 is 0 Å². The van der Waals surface area contributed by atoms with Crippen LogP contribution < -0.4 is 0 Å². The molecular formula is C15H27NO. The number of Topliss-reactive ketones (excluding diaryl/α,β-unsaturated/α-hetero) is 1. The number of ketones is 1. The van der Waals surface area contributed by atoms with Crippen LogP contribution in [0.25, 0.3) is 0 Å². The van der Waals surface area contributed by atoms with E-state index in [1.54, 1.807) is 0 Å². The summed E-state index contributed by atoms with van der Waals surface area (Å²) in [6.07, 6.45) is 6.39. The first-order valence-corrected chi connectivity index (χ1v) is 7.26. The summed E-state index contributed by atoms with van der Waals surface area (Å²) in [6, 6.07) is 0. The summed E-state index contributed by atoms with van der Waals surface area (Å²) in [5.74, 6) is 1.59. The molecule has 98 valence electrons. The molecule has 0 radical (unpaired) electrons. The predicted molar refractivity (Wildman–Crippen MR) is 71.0 cm³/mol. The number of rotatable bonds is 4. The lowest BCUT2D eigenvalue weighted by Gasteiger charge is -2.51. The minimum absolute atomic E-state index is 0.207. The monoisotopic (exact) mass is 237 g/mol. The Balaban J connectivity index is 1.67. The maximum absolute atomic E-state index is 11.6. The molecule has 0 aromatic rings. The Hall–Kier alpha value is -0.370. The Morgan fingerprint density at radius 2 is 1.88 bits per heavy atom. The third-order valence-electron chi connectivity index (χ3n) is 4.80. The number of nitrogens with zero attached hydrogens (tertiary/aromatic N) is 1. The molecule has 0 aromatic carbocycles. The van der Waals surface area contributed by atoms with E-state index >= 15 is 0 Å². The van der Waals surface area contributed by atoms with Gasteiger partial charge in [0.2, 0.25) is 0 Å². The first kappa shape index (κ1) is 13.1. The zero-order valence-corrected chi connectivity index (χ0v) is 11.7. The van der Waals surface area contributed by atoms with E-state index in [-0.39, 0.29) is 5.92 Å². The molecule has 0 amide bonds. The van der Waals surface area contributed by atoms with Gasteiger partial charge in [-0.15, -0.1) is 0 Å². The standard InChI is InChI=1S/C15H27NO/c1-12(2)14(17)4-7-16-8-5-15(6-9-16)10-13(3)11-15/h12-13H,4-11H2,1-3H3. The van der Waals surface area contributed by atoms with Gasteiger partial charge >= 0.3 is 0 Å². The van der Waals surface area contributed by atoms with Crippen molar-refractivity contribution in [2.75, 3.05) is 19.6 Å². The van der Waals surface area contributed by atoms with Crippen molar-refractivity contribution in [3.63, 3.8) is 0 Å². The molecule has 1 saturated carbocycles. The van der Waals surface area contributed by atoms with E-state index in [9.17, 15) is 4.79 Å². The fourth-order valence-electron chi connectivity index (χ4n) is 3.63. The molecular weight excluding hydrogens is 210 g/mol. The second-order valence-electron chi connectivity index (χ2n) is 6.73.